The average Bonchev–Trinajstić information content (AvgIpc) is 2.71. The van der Waals surface area contributed by atoms with E-state index >= 15 is 0 Å². The molecular weight excluding hydrogens is 345 g/mol. The van der Waals surface area contributed by atoms with Crippen LogP contribution in [0.2, 0.25) is 0 Å². The van der Waals surface area contributed by atoms with Gasteiger partial charge in [-0.1, -0.05) is 55.8 Å². The highest BCUT2D eigenvalue weighted by molar-refractivity contribution is 5.83. The summed E-state index contributed by atoms with van der Waals surface area (Å²) in [5.41, 5.74) is 6.92. The minimum atomic E-state index is -0.242. The van der Waals surface area contributed by atoms with Gasteiger partial charge >= 0.3 is 0 Å². The number of benzene rings is 3. The summed E-state index contributed by atoms with van der Waals surface area (Å²) >= 11 is 0. The number of aromatic nitrogens is 1. The van der Waals surface area contributed by atoms with Crippen LogP contribution in [0.5, 0.6) is 0 Å². The number of fused-ring (bicyclic) bond motifs is 1. The molecule has 3 aromatic carbocycles. The molecule has 0 N–H and O–H groups in total. The maximum absolute atomic E-state index is 14.4. The number of halogens is 1. The highest BCUT2D eigenvalue weighted by Crippen LogP contribution is 2.28. The molecule has 0 amide bonds. The summed E-state index contributed by atoms with van der Waals surface area (Å²) < 4.78 is 14.4. The minimum Gasteiger partial charge on any atom is -0.248 e. The lowest BCUT2D eigenvalue weighted by molar-refractivity contribution is 0.629. The van der Waals surface area contributed by atoms with Gasteiger partial charge in [0.15, 0.2) is 0 Å². The molecule has 140 valence electrons. The Balaban J connectivity index is 1.71. The first-order valence-corrected chi connectivity index (χ1v) is 9.90. The molecule has 0 radical (unpaired) electrons. The lowest BCUT2D eigenvalue weighted by Crippen LogP contribution is -1.90. The van der Waals surface area contributed by atoms with Crippen molar-refractivity contribution in [1.82, 2.24) is 4.98 Å². The average molecular weight is 369 g/mol. The number of unbranched alkanes of at least 4 members (excludes halogenated alkanes) is 1. The van der Waals surface area contributed by atoms with Crippen LogP contribution in [0.15, 0.2) is 72.8 Å². The highest BCUT2D eigenvalue weighted by atomic mass is 19.1. The van der Waals surface area contributed by atoms with Gasteiger partial charge in [0.2, 0.25) is 0 Å². The van der Waals surface area contributed by atoms with E-state index in [9.17, 15) is 4.39 Å². The molecule has 0 bridgehead atoms. The fourth-order valence-electron chi connectivity index (χ4n) is 3.54. The van der Waals surface area contributed by atoms with Crippen LogP contribution < -0.4 is 0 Å². The molecular formula is C26H24FN. The third-order valence-corrected chi connectivity index (χ3v) is 5.15. The molecule has 0 aliphatic carbocycles. The standard InChI is InChI=1S/C26H24FN/c1-3-4-5-19-7-10-20(11-8-19)22-15-23(17-24(27)16-22)25-13-12-21-9-6-18(2)14-26(21)28-25/h6-17H,3-5H2,1-2H3. The Hall–Kier alpha value is -3.00. The van der Waals surface area contributed by atoms with Crippen molar-refractivity contribution in [1.29, 1.82) is 0 Å². The van der Waals surface area contributed by atoms with Crippen LogP contribution in [0.3, 0.4) is 0 Å². The Kier molecular flexibility index (Phi) is 5.21. The zero-order chi connectivity index (χ0) is 19.5. The molecule has 4 aromatic rings. The van der Waals surface area contributed by atoms with Gasteiger partial charge in [-0.15, -0.1) is 0 Å². The zero-order valence-electron chi connectivity index (χ0n) is 16.4. The monoisotopic (exact) mass is 369 g/mol. The number of aryl methyl sites for hydroxylation is 2. The van der Waals surface area contributed by atoms with Crippen molar-refractivity contribution < 1.29 is 4.39 Å². The topological polar surface area (TPSA) is 12.9 Å². The van der Waals surface area contributed by atoms with Crippen LogP contribution in [0, 0.1) is 12.7 Å². The van der Waals surface area contributed by atoms with Gasteiger partial charge in [-0.05, 0) is 72.4 Å². The van der Waals surface area contributed by atoms with E-state index in [-0.39, 0.29) is 5.82 Å². The first kappa shape index (κ1) is 18.4. The fraction of sp³-hybridized carbons (Fsp3) is 0.192. The summed E-state index contributed by atoms with van der Waals surface area (Å²) in [6, 6.07) is 23.8. The molecule has 0 spiro atoms. The van der Waals surface area contributed by atoms with Crippen LogP contribution in [-0.4, -0.2) is 4.98 Å². The predicted octanol–water partition coefficient (Wildman–Crippen LogP) is 7.36. The van der Waals surface area contributed by atoms with Gasteiger partial charge in [0.05, 0.1) is 11.2 Å². The molecule has 1 heterocycles. The molecule has 0 fully saturated rings. The second-order valence-electron chi connectivity index (χ2n) is 7.42. The molecule has 2 heteroatoms. The molecule has 1 nitrogen and oxygen atoms in total. The molecule has 1 aromatic heterocycles. The van der Waals surface area contributed by atoms with Gasteiger partial charge in [-0.25, -0.2) is 9.37 Å². The number of hydrogen-bond donors (Lipinski definition) is 0. The molecule has 28 heavy (non-hydrogen) atoms. The fourth-order valence-corrected chi connectivity index (χ4v) is 3.54. The van der Waals surface area contributed by atoms with Gasteiger partial charge in [-0.3, -0.25) is 0 Å². The third kappa shape index (κ3) is 3.96. The molecule has 0 saturated carbocycles. The lowest BCUT2D eigenvalue weighted by atomic mass is 9.98. The maximum atomic E-state index is 14.4. The van der Waals surface area contributed by atoms with Crippen LogP contribution in [-0.2, 0) is 6.42 Å². The van der Waals surface area contributed by atoms with Crippen molar-refractivity contribution in [2.75, 3.05) is 0 Å². The molecule has 4 rings (SSSR count). The predicted molar refractivity (Wildman–Crippen MR) is 116 cm³/mol. The van der Waals surface area contributed by atoms with E-state index < -0.39 is 0 Å². The summed E-state index contributed by atoms with van der Waals surface area (Å²) in [6.45, 7) is 4.25. The second-order valence-corrected chi connectivity index (χ2v) is 7.42. The Labute approximate surface area is 165 Å². The van der Waals surface area contributed by atoms with E-state index in [1.54, 1.807) is 12.1 Å². The zero-order valence-corrected chi connectivity index (χ0v) is 16.4. The van der Waals surface area contributed by atoms with E-state index in [1.165, 1.54) is 24.0 Å². The minimum absolute atomic E-state index is 0.242. The smallest absolute Gasteiger partial charge is 0.124 e. The number of hydrogen-bond acceptors (Lipinski definition) is 1. The van der Waals surface area contributed by atoms with Gasteiger partial charge in [0.1, 0.15) is 5.82 Å². The van der Waals surface area contributed by atoms with Crippen molar-refractivity contribution in [3.63, 3.8) is 0 Å². The Bertz CT molecular complexity index is 1110. The van der Waals surface area contributed by atoms with Crippen molar-refractivity contribution in [2.45, 2.75) is 33.1 Å². The van der Waals surface area contributed by atoms with Crippen molar-refractivity contribution >= 4 is 10.9 Å². The third-order valence-electron chi connectivity index (χ3n) is 5.15. The van der Waals surface area contributed by atoms with Gasteiger partial charge in [0.25, 0.3) is 0 Å². The van der Waals surface area contributed by atoms with Crippen LogP contribution in [0.4, 0.5) is 4.39 Å². The summed E-state index contributed by atoms with van der Waals surface area (Å²) in [7, 11) is 0. The second kappa shape index (κ2) is 7.93. The lowest BCUT2D eigenvalue weighted by Gasteiger charge is -2.09. The van der Waals surface area contributed by atoms with E-state index in [1.807, 2.05) is 18.2 Å². The number of pyridine rings is 1. The molecule has 0 aliphatic rings. The van der Waals surface area contributed by atoms with Gasteiger partial charge in [-0.2, -0.15) is 0 Å². The van der Waals surface area contributed by atoms with E-state index in [4.69, 9.17) is 4.98 Å². The van der Waals surface area contributed by atoms with Crippen molar-refractivity contribution in [2.24, 2.45) is 0 Å². The first-order chi connectivity index (χ1) is 13.6. The highest BCUT2D eigenvalue weighted by Gasteiger charge is 2.08. The largest absolute Gasteiger partial charge is 0.248 e. The van der Waals surface area contributed by atoms with Gasteiger partial charge in [0, 0.05) is 10.9 Å². The normalized spacial score (nSPS) is 11.1. The molecule has 0 aliphatic heterocycles. The summed E-state index contributed by atoms with van der Waals surface area (Å²) in [5, 5.41) is 1.09. The van der Waals surface area contributed by atoms with Crippen molar-refractivity contribution in [3.05, 3.63) is 89.7 Å². The Morgan fingerprint density at radius 2 is 1.54 bits per heavy atom. The first-order valence-electron chi connectivity index (χ1n) is 9.90. The molecule has 0 unspecified atom stereocenters. The maximum Gasteiger partial charge on any atom is 0.124 e. The summed E-state index contributed by atoms with van der Waals surface area (Å²) in [6.07, 6.45) is 3.47. The van der Waals surface area contributed by atoms with E-state index in [2.05, 4.69) is 56.3 Å². The van der Waals surface area contributed by atoms with Crippen molar-refractivity contribution in [3.8, 4) is 22.4 Å². The number of nitrogens with zero attached hydrogens (tertiary/aromatic N) is 1. The van der Waals surface area contributed by atoms with Gasteiger partial charge < -0.3 is 0 Å². The van der Waals surface area contributed by atoms with Crippen LogP contribution in [0.25, 0.3) is 33.3 Å². The van der Waals surface area contributed by atoms with Crippen LogP contribution in [0.1, 0.15) is 30.9 Å². The molecule has 0 saturated heterocycles. The van der Waals surface area contributed by atoms with E-state index in [0.717, 1.165) is 39.7 Å². The van der Waals surface area contributed by atoms with E-state index in [0.29, 0.717) is 0 Å². The molecule has 0 atom stereocenters. The summed E-state index contributed by atoms with van der Waals surface area (Å²) in [5.74, 6) is -0.242. The SMILES string of the molecule is CCCCc1ccc(-c2cc(F)cc(-c3ccc4ccc(C)cc4n3)c2)cc1. The van der Waals surface area contributed by atoms with Crippen LogP contribution >= 0.6 is 0 Å². The quantitative estimate of drug-likeness (QED) is 0.358. The number of rotatable bonds is 5. The Morgan fingerprint density at radius 1 is 0.786 bits per heavy atom. The summed E-state index contributed by atoms with van der Waals surface area (Å²) in [4.78, 5) is 4.76. The Morgan fingerprint density at radius 3 is 2.32 bits per heavy atom.